The molecule has 35 heavy (non-hydrogen) atoms. The van der Waals surface area contributed by atoms with E-state index >= 15 is 0 Å². The van der Waals surface area contributed by atoms with Crippen LogP contribution in [0.1, 0.15) is 29.9 Å². The molecule has 0 spiro atoms. The maximum atomic E-state index is 14.0. The van der Waals surface area contributed by atoms with E-state index in [1.54, 1.807) is 6.07 Å². The van der Waals surface area contributed by atoms with Gasteiger partial charge in [-0.05, 0) is 29.7 Å². The van der Waals surface area contributed by atoms with Crippen LogP contribution in [0, 0.1) is 5.82 Å². The minimum absolute atomic E-state index is 0.224. The van der Waals surface area contributed by atoms with Crippen molar-refractivity contribution in [2.45, 2.75) is 30.8 Å². The molecule has 1 fully saturated rings. The summed E-state index contributed by atoms with van der Waals surface area (Å²) in [5.41, 5.74) is 2.37. The third-order valence-corrected chi connectivity index (χ3v) is 6.83. The van der Waals surface area contributed by atoms with Gasteiger partial charge in [-0.25, -0.2) is 9.18 Å². The zero-order chi connectivity index (χ0) is 24.4. The van der Waals surface area contributed by atoms with E-state index in [1.165, 1.54) is 17.0 Å². The average Bonchev–Trinajstić information content (AvgIpc) is 3.21. The number of likely N-dealkylation sites (tertiary alicyclic amines) is 1. The molecule has 3 aromatic rings. The molecule has 2 aliphatic rings. The van der Waals surface area contributed by atoms with Gasteiger partial charge in [0.2, 0.25) is 5.91 Å². The summed E-state index contributed by atoms with van der Waals surface area (Å²) >= 11 is 0. The second kappa shape index (κ2) is 9.78. The van der Waals surface area contributed by atoms with Crippen molar-refractivity contribution in [1.82, 2.24) is 4.90 Å². The van der Waals surface area contributed by atoms with E-state index in [2.05, 4.69) is 4.90 Å². The number of nitrogens with zero attached hydrogens (tertiary/aromatic N) is 2. The molecule has 7 heteroatoms. The van der Waals surface area contributed by atoms with Gasteiger partial charge in [0.15, 0.2) is 0 Å². The Morgan fingerprint density at radius 2 is 1.63 bits per heavy atom. The number of carboxylic acid groups (broad SMARTS) is 1. The molecule has 0 aromatic heterocycles. The lowest BCUT2D eigenvalue weighted by Crippen LogP contribution is -2.44. The first-order valence-corrected chi connectivity index (χ1v) is 11.8. The molecule has 0 radical (unpaired) electrons. The monoisotopic (exact) mass is 474 g/mol. The summed E-state index contributed by atoms with van der Waals surface area (Å²) in [6.45, 7) is 1.36. The number of carbonyl (C=O) groups is 2. The van der Waals surface area contributed by atoms with E-state index in [-0.39, 0.29) is 30.7 Å². The van der Waals surface area contributed by atoms with Gasteiger partial charge in [-0.1, -0.05) is 60.7 Å². The highest BCUT2D eigenvalue weighted by molar-refractivity contribution is 5.91. The minimum atomic E-state index is -1.02. The van der Waals surface area contributed by atoms with Gasteiger partial charge in [0, 0.05) is 31.6 Å². The Balaban J connectivity index is 1.49. The molecule has 6 nitrogen and oxygen atoms in total. The molecule has 3 aromatic carbocycles. The van der Waals surface area contributed by atoms with Gasteiger partial charge in [0.1, 0.15) is 17.6 Å². The fourth-order valence-electron chi connectivity index (χ4n) is 5.21. The van der Waals surface area contributed by atoms with Crippen molar-refractivity contribution < 1.29 is 23.8 Å². The maximum absolute atomic E-state index is 14.0. The van der Waals surface area contributed by atoms with Crippen molar-refractivity contribution in [3.8, 4) is 5.75 Å². The van der Waals surface area contributed by atoms with Gasteiger partial charge < -0.3 is 19.6 Å². The number of hydrogen-bond donors (Lipinski definition) is 1. The Bertz CT molecular complexity index is 1160. The molecule has 1 N–H and O–H groups in total. The highest BCUT2D eigenvalue weighted by Gasteiger charge is 2.44. The van der Waals surface area contributed by atoms with Crippen LogP contribution in [0.15, 0.2) is 78.9 Å². The molecule has 2 aliphatic heterocycles. The van der Waals surface area contributed by atoms with E-state index < -0.39 is 17.9 Å². The molecule has 2 atom stereocenters. The summed E-state index contributed by atoms with van der Waals surface area (Å²) in [5.74, 6) is -1.79. The fourth-order valence-corrected chi connectivity index (χ4v) is 5.21. The topological polar surface area (TPSA) is 70.1 Å². The smallest absolute Gasteiger partial charge is 0.326 e. The van der Waals surface area contributed by atoms with Crippen molar-refractivity contribution in [2.24, 2.45) is 0 Å². The van der Waals surface area contributed by atoms with E-state index in [0.717, 1.165) is 23.2 Å². The first-order valence-electron chi connectivity index (χ1n) is 11.8. The molecule has 0 bridgehead atoms. The number of ether oxygens (including phenoxy) is 1. The van der Waals surface area contributed by atoms with E-state index in [1.807, 2.05) is 60.7 Å². The van der Waals surface area contributed by atoms with Gasteiger partial charge in [-0.3, -0.25) is 4.79 Å². The molecule has 180 valence electrons. The zero-order valence-corrected chi connectivity index (χ0v) is 19.2. The number of fused-ring (bicyclic) bond motifs is 1. The Labute approximate surface area is 203 Å². The number of benzene rings is 3. The molecule has 1 amide bonds. The van der Waals surface area contributed by atoms with Gasteiger partial charge in [-0.15, -0.1) is 0 Å². The standard InChI is InChI=1S/C28H27FN2O4/c29-21-12-13-23-25(16-21)35-15-7-14-30(23)22-17-24(28(33)34)31(18-22)27(32)26(19-8-3-1-4-9-19)20-10-5-2-6-11-20/h1-6,8-13,16,22,24,26H,7,14-15,17-18H2,(H,33,34). The highest BCUT2D eigenvalue weighted by atomic mass is 19.1. The lowest BCUT2D eigenvalue weighted by atomic mass is 9.90. The number of rotatable bonds is 5. The van der Waals surface area contributed by atoms with Crippen LogP contribution in [0.2, 0.25) is 0 Å². The van der Waals surface area contributed by atoms with Crippen LogP contribution < -0.4 is 9.64 Å². The normalized spacial score (nSPS) is 19.7. The second-order valence-corrected chi connectivity index (χ2v) is 9.00. The summed E-state index contributed by atoms with van der Waals surface area (Å²) in [6.07, 6.45) is 1.00. The summed E-state index contributed by atoms with van der Waals surface area (Å²) in [4.78, 5) is 29.9. The van der Waals surface area contributed by atoms with Crippen molar-refractivity contribution >= 4 is 17.6 Å². The summed E-state index contributed by atoms with van der Waals surface area (Å²) < 4.78 is 19.6. The Kier molecular flexibility index (Phi) is 6.40. The van der Waals surface area contributed by atoms with Crippen LogP contribution in [0.3, 0.4) is 0 Å². The van der Waals surface area contributed by atoms with Crippen molar-refractivity contribution in [3.63, 3.8) is 0 Å². The van der Waals surface area contributed by atoms with E-state index in [4.69, 9.17) is 4.74 Å². The summed E-state index contributed by atoms with van der Waals surface area (Å²) in [7, 11) is 0. The number of carbonyl (C=O) groups excluding carboxylic acids is 1. The third-order valence-electron chi connectivity index (χ3n) is 6.83. The Morgan fingerprint density at radius 1 is 0.971 bits per heavy atom. The number of hydrogen-bond acceptors (Lipinski definition) is 4. The van der Waals surface area contributed by atoms with Crippen LogP contribution in [0.5, 0.6) is 5.75 Å². The molecular weight excluding hydrogens is 447 g/mol. The van der Waals surface area contributed by atoms with Gasteiger partial charge >= 0.3 is 5.97 Å². The number of aliphatic carboxylic acids is 1. The molecule has 0 saturated carbocycles. The predicted molar refractivity (Wildman–Crippen MR) is 130 cm³/mol. The summed E-state index contributed by atoms with van der Waals surface area (Å²) in [5, 5.41) is 10.1. The van der Waals surface area contributed by atoms with Crippen LogP contribution in [-0.2, 0) is 9.59 Å². The zero-order valence-electron chi connectivity index (χ0n) is 19.2. The lowest BCUT2D eigenvalue weighted by molar-refractivity contribution is -0.148. The largest absolute Gasteiger partial charge is 0.491 e. The Hall–Kier alpha value is -3.87. The SMILES string of the molecule is O=C(O)C1CC(N2CCCOc3cc(F)ccc32)CN1C(=O)C(c1ccccc1)c1ccccc1. The van der Waals surface area contributed by atoms with Crippen molar-refractivity contribution in [1.29, 1.82) is 0 Å². The second-order valence-electron chi connectivity index (χ2n) is 9.00. The first-order chi connectivity index (χ1) is 17.0. The van der Waals surface area contributed by atoms with Crippen LogP contribution in [-0.4, -0.2) is 53.7 Å². The summed E-state index contributed by atoms with van der Waals surface area (Å²) in [6, 6.07) is 22.2. The number of halogens is 1. The van der Waals surface area contributed by atoms with E-state index in [0.29, 0.717) is 18.9 Å². The Morgan fingerprint density at radius 3 is 2.26 bits per heavy atom. The van der Waals surface area contributed by atoms with Crippen LogP contribution >= 0.6 is 0 Å². The molecule has 2 unspecified atom stereocenters. The van der Waals surface area contributed by atoms with Gasteiger partial charge in [0.05, 0.1) is 18.2 Å². The third kappa shape index (κ3) is 4.58. The van der Waals surface area contributed by atoms with Gasteiger partial charge in [-0.2, -0.15) is 0 Å². The number of carboxylic acids is 1. The molecule has 5 rings (SSSR count). The molecular formula is C28H27FN2O4. The highest BCUT2D eigenvalue weighted by Crippen LogP contribution is 2.37. The van der Waals surface area contributed by atoms with Crippen molar-refractivity contribution in [3.05, 3.63) is 95.8 Å². The lowest BCUT2D eigenvalue weighted by Gasteiger charge is -2.31. The van der Waals surface area contributed by atoms with Gasteiger partial charge in [0.25, 0.3) is 0 Å². The molecule has 1 saturated heterocycles. The first kappa shape index (κ1) is 22.9. The molecule has 0 aliphatic carbocycles. The predicted octanol–water partition coefficient (Wildman–Crippen LogP) is 4.30. The van der Waals surface area contributed by atoms with Crippen LogP contribution in [0.25, 0.3) is 0 Å². The van der Waals surface area contributed by atoms with Crippen LogP contribution in [0.4, 0.5) is 10.1 Å². The minimum Gasteiger partial charge on any atom is -0.491 e. The number of amides is 1. The molecule has 2 heterocycles. The average molecular weight is 475 g/mol. The van der Waals surface area contributed by atoms with Crippen molar-refractivity contribution in [2.75, 3.05) is 24.6 Å². The fraction of sp³-hybridized carbons (Fsp3) is 0.286. The quantitative estimate of drug-likeness (QED) is 0.597. The number of anilines is 1. The maximum Gasteiger partial charge on any atom is 0.326 e. The van der Waals surface area contributed by atoms with E-state index in [9.17, 15) is 19.1 Å².